The summed E-state index contributed by atoms with van der Waals surface area (Å²) in [5, 5.41) is 4.61. The molecule has 18 heavy (non-hydrogen) atoms. The van der Waals surface area contributed by atoms with Crippen molar-refractivity contribution < 1.29 is 4.74 Å². The number of ether oxygens (including phenoxy) is 1. The molecule has 3 heteroatoms. The number of benzene rings is 1. The van der Waals surface area contributed by atoms with Crippen LogP contribution in [0.15, 0.2) is 36.4 Å². The predicted octanol–water partition coefficient (Wildman–Crippen LogP) is 2.50. The lowest BCUT2D eigenvalue weighted by molar-refractivity contribution is 0.101. The molecule has 3 rings (SSSR count). The maximum Gasteiger partial charge on any atom is 0.0888 e. The van der Waals surface area contributed by atoms with Crippen molar-refractivity contribution in [2.24, 2.45) is 0 Å². The van der Waals surface area contributed by atoms with Gasteiger partial charge in [0, 0.05) is 11.4 Å². The summed E-state index contributed by atoms with van der Waals surface area (Å²) in [6, 6.07) is 12.9. The molecule has 0 aliphatic carbocycles. The number of fused-ring (bicyclic) bond motifs is 1. The molecule has 1 aliphatic rings. The zero-order valence-electron chi connectivity index (χ0n) is 10.4. The van der Waals surface area contributed by atoms with Crippen LogP contribution in [0.2, 0.25) is 0 Å². The van der Waals surface area contributed by atoms with E-state index in [4.69, 9.17) is 4.74 Å². The Morgan fingerprint density at radius 3 is 3.06 bits per heavy atom. The van der Waals surface area contributed by atoms with Crippen molar-refractivity contribution in [3.63, 3.8) is 0 Å². The summed E-state index contributed by atoms with van der Waals surface area (Å²) >= 11 is 0. The van der Waals surface area contributed by atoms with Gasteiger partial charge >= 0.3 is 0 Å². The van der Waals surface area contributed by atoms with E-state index in [9.17, 15) is 0 Å². The number of pyridine rings is 1. The number of para-hydroxylation sites is 1. The van der Waals surface area contributed by atoms with Crippen LogP contribution in [-0.2, 0) is 11.3 Å². The van der Waals surface area contributed by atoms with Crippen molar-refractivity contribution in [2.45, 2.75) is 25.5 Å². The van der Waals surface area contributed by atoms with Gasteiger partial charge in [-0.15, -0.1) is 0 Å². The molecular formula is C15H18N2O. The standard InChI is InChI=1S/C15H18N2O/c1-2-6-15-12(4-1)7-8-14(17-15)11-18-10-13-5-3-9-16-13/h1-2,4,6-8,13,16H,3,5,9-11H2. The maximum absolute atomic E-state index is 5.73. The first-order valence-electron chi connectivity index (χ1n) is 6.57. The van der Waals surface area contributed by atoms with E-state index < -0.39 is 0 Å². The highest BCUT2D eigenvalue weighted by molar-refractivity contribution is 5.78. The first-order valence-corrected chi connectivity index (χ1v) is 6.57. The first-order chi connectivity index (χ1) is 8.92. The highest BCUT2D eigenvalue weighted by atomic mass is 16.5. The van der Waals surface area contributed by atoms with Gasteiger partial charge in [0.2, 0.25) is 0 Å². The zero-order valence-corrected chi connectivity index (χ0v) is 10.4. The van der Waals surface area contributed by atoms with E-state index in [-0.39, 0.29) is 0 Å². The molecule has 94 valence electrons. The van der Waals surface area contributed by atoms with Crippen LogP contribution >= 0.6 is 0 Å². The number of hydrogen-bond donors (Lipinski definition) is 1. The van der Waals surface area contributed by atoms with E-state index in [1.807, 2.05) is 24.3 Å². The monoisotopic (exact) mass is 242 g/mol. The molecule has 1 N–H and O–H groups in total. The Hall–Kier alpha value is -1.45. The van der Waals surface area contributed by atoms with Crippen LogP contribution in [0.25, 0.3) is 10.9 Å². The molecule has 0 radical (unpaired) electrons. The Morgan fingerprint density at radius 2 is 2.17 bits per heavy atom. The van der Waals surface area contributed by atoms with E-state index >= 15 is 0 Å². The lowest BCUT2D eigenvalue weighted by atomic mass is 10.2. The van der Waals surface area contributed by atoms with Crippen LogP contribution < -0.4 is 5.32 Å². The Labute approximate surface area is 107 Å². The van der Waals surface area contributed by atoms with Gasteiger partial charge in [-0.2, -0.15) is 0 Å². The number of hydrogen-bond acceptors (Lipinski definition) is 3. The van der Waals surface area contributed by atoms with Gasteiger partial charge in [-0.1, -0.05) is 24.3 Å². The van der Waals surface area contributed by atoms with Crippen molar-refractivity contribution in [3.05, 3.63) is 42.1 Å². The molecule has 1 aliphatic heterocycles. The molecule has 1 aromatic carbocycles. The van der Waals surface area contributed by atoms with E-state index in [0.717, 1.165) is 24.4 Å². The van der Waals surface area contributed by atoms with Crippen LogP contribution in [-0.4, -0.2) is 24.2 Å². The molecule has 1 saturated heterocycles. The van der Waals surface area contributed by atoms with Crippen molar-refractivity contribution in [2.75, 3.05) is 13.2 Å². The van der Waals surface area contributed by atoms with Gasteiger partial charge in [-0.25, -0.2) is 0 Å². The van der Waals surface area contributed by atoms with Gasteiger partial charge in [0.15, 0.2) is 0 Å². The summed E-state index contributed by atoms with van der Waals surface area (Å²) in [5.74, 6) is 0. The lowest BCUT2D eigenvalue weighted by Gasteiger charge is -2.10. The Balaban J connectivity index is 1.60. The second-order valence-corrected chi connectivity index (χ2v) is 4.80. The topological polar surface area (TPSA) is 34.1 Å². The van der Waals surface area contributed by atoms with Gasteiger partial charge in [-0.3, -0.25) is 4.98 Å². The number of nitrogens with zero attached hydrogens (tertiary/aromatic N) is 1. The first kappa shape index (κ1) is 11.6. The molecule has 3 nitrogen and oxygen atoms in total. The summed E-state index contributed by atoms with van der Waals surface area (Å²) < 4.78 is 5.73. The van der Waals surface area contributed by atoms with Crippen LogP contribution in [0.3, 0.4) is 0 Å². The van der Waals surface area contributed by atoms with Gasteiger partial charge in [0.05, 0.1) is 24.4 Å². The summed E-state index contributed by atoms with van der Waals surface area (Å²) in [5.41, 5.74) is 2.05. The molecule has 1 atom stereocenters. The molecule has 0 amide bonds. The minimum absolute atomic E-state index is 0.533. The van der Waals surface area contributed by atoms with Crippen LogP contribution in [0.5, 0.6) is 0 Å². The quantitative estimate of drug-likeness (QED) is 0.894. The Bertz CT molecular complexity index is 521. The average molecular weight is 242 g/mol. The molecule has 2 heterocycles. The second-order valence-electron chi connectivity index (χ2n) is 4.80. The Morgan fingerprint density at radius 1 is 1.22 bits per heavy atom. The van der Waals surface area contributed by atoms with Crippen molar-refractivity contribution >= 4 is 10.9 Å². The number of rotatable bonds is 4. The molecule has 1 fully saturated rings. The molecule has 0 saturated carbocycles. The van der Waals surface area contributed by atoms with Crippen molar-refractivity contribution in [3.8, 4) is 0 Å². The minimum atomic E-state index is 0.533. The summed E-state index contributed by atoms with van der Waals surface area (Å²) in [7, 11) is 0. The third-order valence-electron chi connectivity index (χ3n) is 3.39. The molecule has 0 bridgehead atoms. The minimum Gasteiger partial charge on any atom is -0.374 e. The van der Waals surface area contributed by atoms with E-state index in [0.29, 0.717) is 12.6 Å². The number of nitrogens with one attached hydrogen (secondary N) is 1. The van der Waals surface area contributed by atoms with Crippen LogP contribution in [0.1, 0.15) is 18.5 Å². The zero-order chi connectivity index (χ0) is 12.2. The lowest BCUT2D eigenvalue weighted by Crippen LogP contribution is -2.26. The second kappa shape index (κ2) is 5.46. The van der Waals surface area contributed by atoms with Crippen LogP contribution in [0, 0.1) is 0 Å². The normalized spacial score (nSPS) is 19.4. The summed E-state index contributed by atoms with van der Waals surface area (Å²) in [4.78, 5) is 4.59. The summed E-state index contributed by atoms with van der Waals surface area (Å²) in [6.07, 6.45) is 2.49. The maximum atomic E-state index is 5.73. The molecule has 0 spiro atoms. The average Bonchev–Trinajstić information content (AvgIpc) is 2.92. The SMILES string of the molecule is c1ccc2nc(COCC3CCCN3)ccc2c1. The van der Waals surface area contributed by atoms with E-state index in [2.05, 4.69) is 22.4 Å². The highest BCUT2D eigenvalue weighted by Gasteiger charge is 2.13. The molecule has 1 aromatic heterocycles. The predicted molar refractivity (Wildman–Crippen MR) is 72.4 cm³/mol. The third-order valence-corrected chi connectivity index (χ3v) is 3.39. The van der Waals surface area contributed by atoms with Crippen molar-refractivity contribution in [1.29, 1.82) is 0 Å². The molecule has 2 aromatic rings. The fourth-order valence-electron chi connectivity index (χ4n) is 2.39. The summed E-state index contributed by atoms with van der Waals surface area (Å²) in [6.45, 7) is 2.51. The van der Waals surface area contributed by atoms with Gasteiger partial charge in [0.25, 0.3) is 0 Å². The smallest absolute Gasteiger partial charge is 0.0888 e. The Kier molecular flexibility index (Phi) is 3.53. The highest BCUT2D eigenvalue weighted by Crippen LogP contribution is 2.12. The van der Waals surface area contributed by atoms with E-state index in [1.54, 1.807) is 0 Å². The van der Waals surface area contributed by atoms with Crippen molar-refractivity contribution in [1.82, 2.24) is 10.3 Å². The fraction of sp³-hybridized carbons (Fsp3) is 0.400. The molecular weight excluding hydrogens is 224 g/mol. The van der Waals surface area contributed by atoms with Gasteiger partial charge in [-0.05, 0) is 31.5 Å². The van der Waals surface area contributed by atoms with Crippen LogP contribution in [0.4, 0.5) is 0 Å². The molecule has 1 unspecified atom stereocenters. The van der Waals surface area contributed by atoms with Gasteiger partial charge < -0.3 is 10.1 Å². The third kappa shape index (κ3) is 2.68. The largest absolute Gasteiger partial charge is 0.374 e. The number of aromatic nitrogens is 1. The van der Waals surface area contributed by atoms with Gasteiger partial charge in [0.1, 0.15) is 0 Å². The fourth-order valence-corrected chi connectivity index (χ4v) is 2.39. The van der Waals surface area contributed by atoms with E-state index in [1.165, 1.54) is 18.2 Å².